The lowest BCUT2D eigenvalue weighted by Gasteiger charge is -2.07. The van der Waals surface area contributed by atoms with E-state index in [4.69, 9.17) is 0 Å². The molecule has 1 N–H and O–H groups in total. The molecular weight excluding hydrogens is 274 g/mol. The summed E-state index contributed by atoms with van der Waals surface area (Å²) in [5, 5.41) is 2.76. The molecule has 0 atom stereocenters. The minimum Gasteiger partial charge on any atom is -0.356 e. The maximum atomic E-state index is 12.0. The van der Waals surface area contributed by atoms with Gasteiger partial charge in [0.1, 0.15) is 0 Å². The van der Waals surface area contributed by atoms with Gasteiger partial charge < -0.3 is 5.32 Å². The summed E-state index contributed by atoms with van der Waals surface area (Å²) in [6.07, 6.45) is 1.79. The van der Waals surface area contributed by atoms with E-state index in [0.29, 0.717) is 30.2 Å². The number of benzene rings is 1. The van der Waals surface area contributed by atoms with Gasteiger partial charge in [0.25, 0.3) is 0 Å². The highest BCUT2D eigenvalue weighted by Crippen LogP contribution is 2.10. The lowest BCUT2D eigenvalue weighted by atomic mass is 10.1. The van der Waals surface area contributed by atoms with E-state index < -0.39 is 9.84 Å². The van der Waals surface area contributed by atoms with Gasteiger partial charge in [0.2, 0.25) is 5.91 Å². The highest BCUT2D eigenvalue weighted by molar-refractivity contribution is 7.91. The summed E-state index contributed by atoms with van der Waals surface area (Å²) in [5.74, 6) is 0.552. The van der Waals surface area contributed by atoms with Gasteiger partial charge in [0.15, 0.2) is 9.84 Å². The minimum atomic E-state index is -3.24. The molecule has 5 heteroatoms. The average Bonchev–Trinajstić information content (AvgIpc) is 2.42. The molecule has 0 saturated carbocycles. The van der Waals surface area contributed by atoms with Gasteiger partial charge in [-0.2, -0.15) is 0 Å². The normalized spacial score (nSPS) is 11.6. The van der Waals surface area contributed by atoms with E-state index in [1.54, 1.807) is 30.3 Å². The zero-order chi connectivity index (χ0) is 15.0. The van der Waals surface area contributed by atoms with E-state index in [9.17, 15) is 13.2 Å². The zero-order valence-electron chi connectivity index (χ0n) is 12.1. The second-order valence-electron chi connectivity index (χ2n) is 5.27. The third kappa shape index (κ3) is 6.19. The number of hydrogen-bond acceptors (Lipinski definition) is 3. The third-order valence-corrected chi connectivity index (χ3v) is 4.78. The largest absolute Gasteiger partial charge is 0.356 e. The Morgan fingerprint density at radius 2 is 1.85 bits per heavy atom. The average molecular weight is 297 g/mol. The smallest absolute Gasteiger partial charge is 0.220 e. The first kappa shape index (κ1) is 16.7. The van der Waals surface area contributed by atoms with E-state index in [-0.39, 0.29) is 11.7 Å². The molecule has 1 amide bonds. The number of hydrogen-bond donors (Lipinski definition) is 1. The topological polar surface area (TPSA) is 63.2 Å². The predicted molar refractivity (Wildman–Crippen MR) is 80.2 cm³/mol. The molecule has 1 aromatic carbocycles. The van der Waals surface area contributed by atoms with Crippen molar-refractivity contribution in [2.45, 2.75) is 38.0 Å². The summed E-state index contributed by atoms with van der Waals surface area (Å²) in [4.78, 5) is 11.8. The Balaban J connectivity index is 2.29. The lowest BCUT2D eigenvalue weighted by molar-refractivity contribution is -0.121. The molecule has 1 rings (SSSR count). The SMILES string of the molecule is CC(C)CCC(=O)NCCCS(=O)(=O)c1ccccc1. The molecule has 0 heterocycles. The summed E-state index contributed by atoms with van der Waals surface area (Å²) in [5.41, 5.74) is 0. The van der Waals surface area contributed by atoms with Crippen LogP contribution >= 0.6 is 0 Å². The molecule has 0 bridgehead atoms. The molecule has 0 aliphatic carbocycles. The van der Waals surface area contributed by atoms with Crippen molar-refractivity contribution >= 4 is 15.7 Å². The van der Waals surface area contributed by atoms with Gasteiger partial charge in [-0.25, -0.2) is 8.42 Å². The highest BCUT2D eigenvalue weighted by Gasteiger charge is 2.13. The van der Waals surface area contributed by atoms with E-state index in [2.05, 4.69) is 19.2 Å². The zero-order valence-corrected chi connectivity index (χ0v) is 12.9. The number of sulfone groups is 1. The van der Waals surface area contributed by atoms with Gasteiger partial charge in [-0.1, -0.05) is 32.0 Å². The van der Waals surface area contributed by atoms with Crippen molar-refractivity contribution in [3.05, 3.63) is 30.3 Å². The Kier molecular flexibility index (Phi) is 6.71. The van der Waals surface area contributed by atoms with E-state index in [1.807, 2.05) is 0 Å². The van der Waals surface area contributed by atoms with Crippen LogP contribution in [0.5, 0.6) is 0 Å². The van der Waals surface area contributed by atoms with Gasteiger partial charge in [0.05, 0.1) is 10.6 Å². The van der Waals surface area contributed by atoms with Gasteiger partial charge >= 0.3 is 0 Å². The Morgan fingerprint density at radius 1 is 1.20 bits per heavy atom. The first-order chi connectivity index (χ1) is 9.42. The molecule has 0 unspecified atom stereocenters. The van der Waals surface area contributed by atoms with Crippen molar-refractivity contribution in [1.29, 1.82) is 0 Å². The molecule has 0 fully saturated rings. The Bertz CT molecular complexity index is 509. The fourth-order valence-electron chi connectivity index (χ4n) is 1.74. The van der Waals surface area contributed by atoms with Crippen LogP contribution in [0.1, 0.15) is 33.1 Å². The second kappa shape index (κ2) is 8.04. The van der Waals surface area contributed by atoms with Crippen LogP contribution in [-0.4, -0.2) is 26.6 Å². The minimum absolute atomic E-state index is 0.00388. The number of nitrogens with one attached hydrogen (secondary N) is 1. The van der Waals surface area contributed by atoms with Crippen LogP contribution in [0.4, 0.5) is 0 Å². The van der Waals surface area contributed by atoms with Crippen molar-refractivity contribution in [3.8, 4) is 0 Å². The molecule has 112 valence electrons. The lowest BCUT2D eigenvalue weighted by Crippen LogP contribution is -2.26. The fraction of sp³-hybridized carbons (Fsp3) is 0.533. The van der Waals surface area contributed by atoms with Crippen LogP contribution in [0.25, 0.3) is 0 Å². The van der Waals surface area contributed by atoms with Crippen molar-refractivity contribution in [3.63, 3.8) is 0 Å². The van der Waals surface area contributed by atoms with E-state index in [0.717, 1.165) is 6.42 Å². The molecule has 0 spiro atoms. The standard InChI is InChI=1S/C15H23NO3S/c1-13(2)9-10-15(17)16-11-6-12-20(18,19)14-7-4-3-5-8-14/h3-5,7-8,13H,6,9-12H2,1-2H3,(H,16,17). The third-order valence-electron chi connectivity index (χ3n) is 2.96. The van der Waals surface area contributed by atoms with Gasteiger partial charge in [-0.15, -0.1) is 0 Å². The van der Waals surface area contributed by atoms with Crippen LogP contribution in [0.15, 0.2) is 35.2 Å². The van der Waals surface area contributed by atoms with E-state index >= 15 is 0 Å². The molecule has 0 radical (unpaired) electrons. The van der Waals surface area contributed by atoms with Crippen molar-refractivity contribution < 1.29 is 13.2 Å². The second-order valence-corrected chi connectivity index (χ2v) is 7.38. The molecular formula is C15H23NO3S. The van der Waals surface area contributed by atoms with Crippen molar-refractivity contribution in [1.82, 2.24) is 5.32 Å². The number of amides is 1. The number of carbonyl (C=O) groups excluding carboxylic acids is 1. The van der Waals surface area contributed by atoms with Crippen LogP contribution in [0.3, 0.4) is 0 Å². The Hall–Kier alpha value is -1.36. The molecule has 0 aliphatic rings. The fourth-order valence-corrected chi connectivity index (χ4v) is 3.08. The summed E-state index contributed by atoms with van der Waals surface area (Å²) < 4.78 is 24.0. The molecule has 1 aromatic rings. The van der Waals surface area contributed by atoms with Gasteiger partial charge in [0, 0.05) is 13.0 Å². The van der Waals surface area contributed by atoms with Gasteiger partial charge in [-0.05, 0) is 30.9 Å². The first-order valence-electron chi connectivity index (χ1n) is 6.96. The maximum absolute atomic E-state index is 12.0. The monoisotopic (exact) mass is 297 g/mol. The Morgan fingerprint density at radius 3 is 2.45 bits per heavy atom. The first-order valence-corrected chi connectivity index (χ1v) is 8.61. The van der Waals surface area contributed by atoms with Crippen LogP contribution in [-0.2, 0) is 14.6 Å². The molecule has 0 saturated heterocycles. The van der Waals surface area contributed by atoms with Crippen LogP contribution in [0.2, 0.25) is 0 Å². The highest BCUT2D eigenvalue weighted by atomic mass is 32.2. The summed E-state index contributed by atoms with van der Waals surface area (Å²) >= 11 is 0. The van der Waals surface area contributed by atoms with Crippen LogP contribution in [0, 0.1) is 5.92 Å². The molecule has 4 nitrogen and oxygen atoms in total. The number of rotatable bonds is 8. The summed E-state index contributed by atoms with van der Waals surface area (Å²) in [6.45, 7) is 4.54. The van der Waals surface area contributed by atoms with E-state index in [1.165, 1.54) is 0 Å². The van der Waals surface area contributed by atoms with Crippen molar-refractivity contribution in [2.75, 3.05) is 12.3 Å². The van der Waals surface area contributed by atoms with Gasteiger partial charge in [-0.3, -0.25) is 4.79 Å². The molecule has 0 aliphatic heterocycles. The quantitative estimate of drug-likeness (QED) is 0.749. The number of carbonyl (C=O) groups is 1. The molecule has 0 aromatic heterocycles. The maximum Gasteiger partial charge on any atom is 0.220 e. The van der Waals surface area contributed by atoms with Crippen molar-refractivity contribution in [2.24, 2.45) is 5.92 Å². The summed E-state index contributed by atoms with van der Waals surface area (Å²) in [6, 6.07) is 8.39. The molecule has 20 heavy (non-hydrogen) atoms. The summed E-state index contributed by atoms with van der Waals surface area (Å²) in [7, 11) is -3.24. The van der Waals surface area contributed by atoms with Crippen LogP contribution < -0.4 is 5.32 Å². The Labute approximate surface area is 121 Å². The predicted octanol–water partition coefficient (Wildman–Crippen LogP) is 2.40.